The van der Waals surface area contributed by atoms with E-state index in [9.17, 15) is 14.7 Å². The van der Waals surface area contributed by atoms with Gasteiger partial charge < -0.3 is 9.84 Å². The third kappa shape index (κ3) is 2.62. The van der Waals surface area contributed by atoms with Crippen molar-refractivity contribution in [3.63, 3.8) is 0 Å². The van der Waals surface area contributed by atoms with Crippen LogP contribution in [0.4, 0.5) is 0 Å². The molecule has 0 heterocycles. The van der Waals surface area contributed by atoms with Gasteiger partial charge in [-0.3, -0.25) is 4.79 Å². The average molecular weight is 302 g/mol. The molecule has 1 fully saturated rings. The Morgan fingerprint density at radius 2 is 2.23 bits per heavy atom. The molecule has 0 amide bonds. The molecule has 2 aliphatic carbocycles. The first-order valence-corrected chi connectivity index (χ1v) is 7.64. The summed E-state index contributed by atoms with van der Waals surface area (Å²) in [7, 11) is 0. The van der Waals surface area contributed by atoms with Crippen molar-refractivity contribution in [2.75, 3.05) is 6.61 Å². The Hall–Kier alpha value is -1.86. The van der Waals surface area contributed by atoms with E-state index in [0.29, 0.717) is 30.6 Å². The van der Waals surface area contributed by atoms with Gasteiger partial charge in [-0.15, -0.1) is 0 Å². The van der Waals surface area contributed by atoms with Crippen LogP contribution >= 0.6 is 0 Å². The highest BCUT2D eigenvalue weighted by Gasteiger charge is 2.67. The highest BCUT2D eigenvalue weighted by atomic mass is 16.5. The Bertz CT molecular complexity index is 631. The number of rotatable bonds is 3. The largest absolute Gasteiger partial charge is 0.463 e. The van der Waals surface area contributed by atoms with Gasteiger partial charge in [0.15, 0.2) is 11.4 Å². The van der Waals surface area contributed by atoms with Crippen LogP contribution in [0.2, 0.25) is 0 Å². The molecule has 0 spiro atoms. The minimum absolute atomic E-state index is 0.0734. The molecule has 0 aromatic heterocycles. The summed E-state index contributed by atoms with van der Waals surface area (Å²) in [6.45, 7) is 7.56. The van der Waals surface area contributed by atoms with Crippen molar-refractivity contribution < 1.29 is 19.4 Å². The van der Waals surface area contributed by atoms with Crippen molar-refractivity contribution in [3.05, 3.63) is 23.3 Å². The maximum Gasteiger partial charge on any atom is 0.331 e. The maximum atomic E-state index is 11.8. The van der Waals surface area contributed by atoms with Crippen LogP contribution in [-0.2, 0) is 14.3 Å². The predicted octanol–water partition coefficient (Wildman–Crippen LogP) is 2.18. The van der Waals surface area contributed by atoms with Gasteiger partial charge >= 0.3 is 5.97 Å². The molecule has 118 valence electrons. The van der Waals surface area contributed by atoms with Gasteiger partial charge in [0.2, 0.25) is 0 Å². The molecule has 0 aromatic carbocycles. The lowest BCUT2D eigenvalue weighted by atomic mass is 9.74. The topological polar surface area (TPSA) is 63.6 Å². The van der Waals surface area contributed by atoms with E-state index in [4.69, 9.17) is 4.74 Å². The van der Waals surface area contributed by atoms with Gasteiger partial charge in [0.1, 0.15) is 0 Å². The second kappa shape index (κ2) is 5.73. The molecule has 0 saturated heterocycles. The molecule has 22 heavy (non-hydrogen) atoms. The molecule has 4 heteroatoms. The first kappa shape index (κ1) is 16.5. The lowest BCUT2D eigenvalue weighted by molar-refractivity contribution is -0.137. The van der Waals surface area contributed by atoms with Crippen molar-refractivity contribution in [3.8, 4) is 11.8 Å². The molecule has 0 bridgehead atoms. The summed E-state index contributed by atoms with van der Waals surface area (Å²) < 4.78 is 4.87. The summed E-state index contributed by atoms with van der Waals surface area (Å²) in [5.74, 6) is 5.31. The SMILES string of the molecule is CCOC(=O)/C=C(\C#CC1(O)C(C)=CC(=O)C2CC21C)CC. The van der Waals surface area contributed by atoms with E-state index in [1.54, 1.807) is 13.8 Å². The molecule has 2 rings (SSSR count). The molecule has 1 saturated carbocycles. The second-order valence-electron chi connectivity index (χ2n) is 6.14. The molecule has 0 radical (unpaired) electrons. The smallest absolute Gasteiger partial charge is 0.331 e. The Kier molecular flexibility index (Phi) is 4.30. The average Bonchev–Trinajstić information content (AvgIpc) is 3.16. The Morgan fingerprint density at radius 1 is 1.55 bits per heavy atom. The van der Waals surface area contributed by atoms with Gasteiger partial charge in [0.25, 0.3) is 0 Å². The highest BCUT2D eigenvalue weighted by Crippen LogP contribution is 2.63. The van der Waals surface area contributed by atoms with E-state index in [2.05, 4.69) is 11.8 Å². The van der Waals surface area contributed by atoms with E-state index in [1.807, 2.05) is 13.8 Å². The van der Waals surface area contributed by atoms with E-state index in [0.717, 1.165) is 0 Å². The van der Waals surface area contributed by atoms with E-state index >= 15 is 0 Å². The number of carbonyl (C=O) groups excluding carboxylic acids is 2. The van der Waals surface area contributed by atoms with Crippen molar-refractivity contribution >= 4 is 11.8 Å². The third-order valence-electron chi connectivity index (χ3n) is 4.70. The van der Waals surface area contributed by atoms with Crippen LogP contribution in [0.25, 0.3) is 0 Å². The van der Waals surface area contributed by atoms with Gasteiger partial charge in [-0.25, -0.2) is 4.79 Å². The van der Waals surface area contributed by atoms with Gasteiger partial charge in [-0.05, 0) is 38.3 Å². The number of ether oxygens (including phenoxy) is 1. The summed E-state index contributed by atoms with van der Waals surface area (Å²) in [6.07, 6.45) is 4.08. The van der Waals surface area contributed by atoms with Gasteiger partial charge in [-0.2, -0.15) is 0 Å². The predicted molar refractivity (Wildman–Crippen MR) is 82.7 cm³/mol. The normalized spacial score (nSPS) is 33.3. The summed E-state index contributed by atoms with van der Waals surface area (Å²) in [6, 6.07) is 0. The first-order valence-electron chi connectivity index (χ1n) is 7.64. The second-order valence-corrected chi connectivity index (χ2v) is 6.14. The summed E-state index contributed by atoms with van der Waals surface area (Å²) in [5.41, 5.74) is -0.641. The number of ketones is 1. The van der Waals surface area contributed by atoms with Crippen LogP contribution < -0.4 is 0 Å². The van der Waals surface area contributed by atoms with Crippen LogP contribution in [0.15, 0.2) is 23.3 Å². The molecule has 1 N–H and O–H groups in total. The monoisotopic (exact) mass is 302 g/mol. The van der Waals surface area contributed by atoms with E-state index < -0.39 is 17.0 Å². The fraction of sp³-hybridized carbons (Fsp3) is 0.556. The summed E-state index contributed by atoms with van der Waals surface area (Å²) >= 11 is 0. The van der Waals surface area contributed by atoms with Crippen molar-refractivity contribution in [1.82, 2.24) is 0 Å². The van der Waals surface area contributed by atoms with E-state index in [1.165, 1.54) is 12.2 Å². The Morgan fingerprint density at radius 3 is 2.82 bits per heavy atom. The summed E-state index contributed by atoms with van der Waals surface area (Å²) in [5, 5.41) is 11.0. The molecule has 0 aromatic rings. The third-order valence-corrected chi connectivity index (χ3v) is 4.70. The molecule has 0 aliphatic heterocycles. The number of esters is 1. The number of carbonyl (C=O) groups is 2. The minimum atomic E-state index is -1.31. The van der Waals surface area contributed by atoms with Crippen LogP contribution in [0.1, 0.15) is 40.5 Å². The molecule has 2 aliphatic rings. The number of aliphatic hydroxyl groups is 1. The van der Waals surface area contributed by atoms with Gasteiger partial charge in [0, 0.05) is 23.0 Å². The quantitative estimate of drug-likeness (QED) is 0.493. The molecule has 3 atom stereocenters. The summed E-state index contributed by atoms with van der Waals surface area (Å²) in [4.78, 5) is 23.3. The molecule has 4 nitrogen and oxygen atoms in total. The van der Waals surface area contributed by atoms with Crippen LogP contribution in [0, 0.1) is 23.2 Å². The Balaban J connectivity index is 2.31. The molecular weight excluding hydrogens is 280 g/mol. The molecule has 3 unspecified atom stereocenters. The fourth-order valence-corrected chi connectivity index (χ4v) is 3.01. The lowest BCUT2D eigenvalue weighted by Gasteiger charge is -2.34. The van der Waals surface area contributed by atoms with Gasteiger partial charge in [0.05, 0.1) is 6.61 Å². The Labute approximate surface area is 131 Å². The maximum absolute atomic E-state index is 11.8. The highest BCUT2D eigenvalue weighted by molar-refractivity contribution is 5.98. The van der Waals surface area contributed by atoms with Crippen molar-refractivity contribution in [1.29, 1.82) is 0 Å². The fourth-order valence-electron chi connectivity index (χ4n) is 3.01. The van der Waals surface area contributed by atoms with E-state index in [-0.39, 0.29) is 11.7 Å². The standard InChI is InChI=1S/C18H22O4/c1-5-13(10-16(20)22-6-2)7-8-18(21)12(3)9-15(19)14-11-17(14,18)4/h9-10,14,21H,5-6,11H2,1-4H3/b13-10-. The molecular formula is C18H22O4. The number of fused-ring (bicyclic) bond motifs is 1. The van der Waals surface area contributed by atoms with Crippen LogP contribution in [0.5, 0.6) is 0 Å². The number of allylic oxidation sites excluding steroid dienone is 2. The van der Waals surface area contributed by atoms with Crippen molar-refractivity contribution in [2.24, 2.45) is 11.3 Å². The zero-order valence-electron chi connectivity index (χ0n) is 13.5. The van der Waals surface area contributed by atoms with Crippen LogP contribution in [0.3, 0.4) is 0 Å². The zero-order valence-corrected chi connectivity index (χ0v) is 13.5. The van der Waals surface area contributed by atoms with Crippen LogP contribution in [-0.4, -0.2) is 29.1 Å². The van der Waals surface area contributed by atoms with Crippen molar-refractivity contribution in [2.45, 2.75) is 46.1 Å². The zero-order chi connectivity index (χ0) is 16.5. The van der Waals surface area contributed by atoms with Gasteiger partial charge in [-0.1, -0.05) is 25.7 Å². The lowest BCUT2D eigenvalue weighted by Crippen LogP contribution is -2.42. The first-order chi connectivity index (χ1) is 10.3. The minimum Gasteiger partial charge on any atom is -0.463 e. The number of hydrogen-bond acceptors (Lipinski definition) is 4. The number of hydrogen-bond donors (Lipinski definition) is 1.